The Labute approximate surface area is 133 Å². The summed E-state index contributed by atoms with van der Waals surface area (Å²) in [6, 6.07) is 5.83. The quantitative estimate of drug-likeness (QED) is 0.789. The summed E-state index contributed by atoms with van der Waals surface area (Å²) in [5.41, 5.74) is 0.931. The molecule has 6 heteroatoms. The van der Waals surface area contributed by atoms with Crippen molar-refractivity contribution < 1.29 is 14.3 Å². The molecule has 2 aliphatic rings. The zero-order chi connectivity index (χ0) is 16.0. The van der Waals surface area contributed by atoms with E-state index in [1.807, 2.05) is 18.2 Å². The first kappa shape index (κ1) is 14.2. The van der Waals surface area contributed by atoms with E-state index in [1.54, 1.807) is 0 Å². The summed E-state index contributed by atoms with van der Waals surface area (Å²) in [5.74, 6) is 0.519. The normalized spacial score (nSPS) is 17.3. The number of ether oxygens (including phenoxy) is 2. The van der Waals surface area contributed by atoms with Crippen molar-refractivity contribution in [3.8, 4) is 5.88 Å². The fraction of sp³-hybridized carbons (Fsp3) is 0.471. The Balaban J connectivity index is 1.84. The molecule has 2 aliphatic carbocycles. The number of nitrogens with zero attached hydrogens (tertiary/aromatic N) is 2. The van der Waals surface area contributed by atoms with Crippen LogP contribution in [0.4, 0.5) is 0 Å². The van der Waals surface area contributed by atoms with Gasteiger partial charge in [0.2, 0.25) is 5.88 Å². The van der Waals surface area contributed by atoms with Gasteiger partial charge in [-0.2, -0.15) is 0 Å². The highest BCUT2D eigenvalue weighted by Gasteiger charge is 2.28. The van der Waals surface area contributed by atoms with Gasteiger partial charge < -0.3 is 9.47 Å². The lowest BCUT2D eigenvalue weighted by Gasteiger charge is -2.12. The van der Waals surface area contributed by atoms with Crippen molar-refractivity contribution in [2.24, 2.45) is 0 Å². The Morgan fingerprint density at radius 3 is 2.70 bits per heavy atom. The van der Waals surface area contributed by atoms with Crippen LogP contribution in [-0.2, 0) is 16.1 Å². The van der Waals surface area contributed by atoms with Crippen molar-refractivity contribution in [3.63, 3.8) is 0 Å². The summed E-state index contributed by atoms with van der Waals surface area (Å²) in [6.07, 6.45) is 4.55. The molecule has 4 rings (SSSR count). The molecule has 1 aromatic carbocycles. The maximum atomic E-state index is 12.6. The van der Waals surface area contributed by atoms with E-state index in [9.17, 15) is 9.59 Å². The Morgan fingerprint density at radius 1 is 1.26 bits per heavy atom. The summed E-state index contributed by atoms with van der Waals surface area (Å²) in [6.45, 7) is -0.212. The molecule has 6 nitrogen and oxygen atoms in total. The molecule has 0 aliphatic heterocycles. The lowest BCUT2D eigenvalue weighted by Crippen LogP contribution is -2.28. The van der Waals surface area contributed by atoms with Crippen molar-refractivity contribution in [2.75, 3.05) is 7.11 Å². The van der Waals surface area contributed by atoms with Gasteiger partial charge in [-0.15, -0.1) is 5.10 Å². The van der Waals surface area contributed by atoms with Gasteiger partial charge in [-0.05, 0) is 49.3 Å². The minimum absolute atomic E-state index is 0.166. The number of hydrogen-bond donors (Lipinski definition) is 0. The second kappa shape index (κ2) is 5.37. The Bertz CT molecular complexity index is 834. The average Bonchev–Trinajstić information content (AvgIpc) is 3.45. The number of methoxy groups -OCH3 is 1. The predicted molar refractivity (Wildman–Crippen MR) is 83.6 cm³/mol. The first-order chi connectivity index (χ1) is 11.2. The first-order valence-corrected chi connectivity index (χ1v) is 7.94. The second-order valence-corrected chi connectivity index (χ2v) is 6.24. The highest BCUT2D eigenvalue weighted by Crippen LogP contribution is 2.41. The summed E-state index contributed by atoms with van der Waals surface area (Å²) in [5, 5.41) is 5.54. The number of aromatic nitrogens is 2. The third-order valence-electron chi connectivity index (χ3n) is 4.31. The van der Waals surface area contributed by atoms with Crippen LogP contribution in [0.3, 0.4) is 0 Å². The number of carbonyl (C=O) groups excluding carboxylic acids is 1. The van der Waals surface area contributed by atoms with Crippen LogP contribution in [0, 0.1) is 0 Å². The molecule has 0 saturated heterocycles. The van der Waals surface area contributed by atoms with Crippen LogP contribution in [0.2, 0.25) is 0 Å². The lowest BCUT2D eigenvalue weighted by atomic mass is 10.1. The van der Waals surface area contributed by atoms with Crippen molar-refractivity contribution in [1.29, 1.82) is 0 Å². The molecule has 1 heterocycles. The highest BCUT2D eigenvalue weighted by molar-refractivity contribution is 5.87. The van der Waals surface area contributed by atoms with Gasteiger partial charge in [0.05, 0.1) is 17.9 Å². The van der Waals surface area contributed by atoms with Crippen molar-refractivity contribution in [2.45, 2.75) is 44.2 Å². The first-order valence-electron chi connectivity index (χ1n) is 7.94. The van der Waals surface area contributed by atoms with Gasteiger partial charge in [-0.1, -0.05) is 6.07 Å². The Morgan fingerprint density at radius 2 is 2.04 bits per heavy atom. The van der Waals surface area contributed by atoms with E-state index in [4.69, 9.17) is 4.74 Å². The number of rotatable bonds is 5. The maximum absolute atomic E-state index is 12.6. The predicted octanol–water partition coefficient (Wildman–Crippen LogP) is 1.99. The van der Waals surface area contributed by atoms with Crippen LogP contribution in [0.25, 0.3) is 10.8 Å². The lowest BCUT2D eigenvalue weighted by molar-refractivity contribution is -0.141. The van der Waals surface area contributed by atoms with Crippen LogP contribution in [-0.4, -0.2) is 29.0 Å². The molecule has 0 spiro atoms. The molecule has 0 amide bonds. The zero-order valence-electron chi connectivity index (χ0n) is 12.9. The van der Waals surface area contributed by atoms with E-state index in [0.29, 0.717) is 17.2 Å². The van der Waals surface area contributed by atoms with Gasteiger partial charge in [0.25, 0.3) is 5.56 Å². The van der Waals surface area contributed by atoms with E-state index < -0.39 is 5.97 Å². The molecule has 2 fully saturated rings. The number of fused-ring (bicyclic) bond motifs is 1. The standard InChI is InChI=1S/C17H18N2O4/c1-22-15(20)9-19-17(21)13-7-4-11(10-2-3-10)8-14(13)16(18-19)23-12-5-6-12/h4,7-8,10,12H,2-3,5-6,9H2,1H3. The maximum Gasteiger partial charge on any atom is 0.327 e. The molecule has 2 aromatic rings. The fourth-order valence-corrected chi connectivity index (χ4v) is 2.67. The van der Waals surface area contributed by atoms with Crippen LogP contribution < -0.4 is 10.3 Å². The molecule has 2 saturated carbocycles. The minimum Gasteiger partial charge on any atom is -0.473 e. The molecule has 0 N–H and O–H groups in total. The van der Waals surface area contributed by atoms with Crippen LogP contribution in [0.1, 0.15) is 37.2 Å². The number of benzene rings is 1. The summed E-state index contributed by atoms with van der Waals surface area (Å²) in [4.78, 5) is 24.1. The zero-order valence-corrected chi connectivity index (χ0v) is 12.9. The molecular weight excluding hydrogens is 296 g/mol. The van der Waals surface area contributed by atoms with E-state index in [-0.39, 0.29) is 18.2 Å². The molecule has 0 unspecified atom stereocenters. The summed E-state index contributed by atoms with van der Waals surface area (Å²) in [7, 11) is 1.29. The van der Waals surface area contributed by atoms with Crippen molar-refractivity contribution in [1.82, 2.24) is 9.78 Å². The SMILES string of the molecule is COC(=O)Cn1nc(OC2CC2)c2cc(C3CC3)ccc2c1=O. The third kappa shape index (κ3) is 2.81. The molecular formula is C17H18N2O4. The van der Waals surface area contributed by atoms with Gasteiger partial charge in [-0.25, -0.2) is 4.68 Å². The number of esters is 1. The van der Waals surface area contributed by atoms with Crippen LogP contribution >= 0.6 is 0 Å². The van der Waals surface area contributed by atoms with Crippen LogP contribution in [0.5, 0.6) is 5.88 Å². The molecule has 0 atom stereocenters. The molecule has 1 aromatic heterocycles. The number of hydrogen-bond acceptors (Lipinski definition) is 5. The third-order valence-corrected chi connectivity index (χ3v) is 4.31. The van der Waals surface area contributed by atoms with E-state index >= 15 is 0 Å². The topological polar surface area (TPSA) is 70.4 Å². The van der Waals surface area contributed by atoms with Gasteiger partial charge in [-0.3, -0.25) is 9.59 Å². The Kier molecular flexibility index (Phi) is 3.32. The summed E-state index contributed by atoms with van der Waals surface area (Å²) < 4.78 is 11.6. The van der Waals surface area contributed by atoms with E-state index in [1.165, 1.54) is 25.5 Å². The van der Waals surface area contributed by atoms with Gasteiger partial charge in [0, 0.05) is 0 Å². The van der Waals surface area contributed by atoms with Crippen molar-refractivity contribution in [3.05, 3.63) is 34.1 Å². The Hall–Kier alpha value is -2.37. The fourth-order valence-electron chi connectivity index (χ4n) is 2.67. The average molecular weight is 314 g/mol. The molecule has 0 radical (unpaired) electrons. The largest absolute Gasteiger partial charge is 0.473 e. The molecule has 23 heavy (non-hydrogen) atoms. The monoisotopic (exact) mass is 314 g/mol. The molecule has 0 bridgehead atoms. The highest BCUT2D eigenvalue weighted by atomic mass is 16.5. The minimum atomic E-state index is -0.508. The van der Waals surface area contributed by atoms with Crippen molar-refractivity contribution >= 4 is 16.7 Å². The summed E-state index contributed by atoms with van der Waals surface area (Å²) >= 11 is 0. The van der Waals surface area contributed by atoms with Gasteiger partial charge >= 0.3 is 5.97 Å². The second-order valence-electron chi connectivity index (χ2n) is 6.24. The van der Waals surface area contributed by atoms with Gasteiger partial charge in [0.15, 0.2) is 0 Å². The van der Waals surface area contributed by atoms with E-state index in [2.05, 4.69) is 9.84 Å². The van der Waals surface area contributed by atoms with Gasteiger partial charge in [0.1, 0.15) is 12.6 Å². The van der Waals surface area contributed by atoms with E-state index in [0.717, 1.165) is 22.9 Å². The van der Waals surface area contributed by atoms with Crippen LogP contribution in [0.15, 0.2) is 23.0 Å². The number of carbonyl (C=O) groups is 1. The molecule has 120 valence electrons. The smallest absolute Gasteiger partial charge is 0.327 e.